The fourth-order valence-corrected chi connectivity index (χ4v) is 3.73. The Kier molecular flexibility index (Phi) is 11.5. The quantitative estimate of drug-likeness (QED) is 0.286. The number of Topliss-reactive ketones (excluding diaryl/α,β-unsaturated/α-hetero) is 1. The summed E-state index contributed by atoms with van der Waals surface area (Å²) in [5.74, 6) is 2.01. The Hall–Kier alpha value is -1.96. The van der Waals surface area contributed by atoms with Gasteiger partial charge >= 0.3 is 0 Å². The van der Waals surface area contributed by atoms with Crippen molar-refractivity contribution < 1.29 is 9.59 Å². The van der Waals surface area contributed by atoms with Gasteiger partial charge in [0.25, 0.3) is 0 Å². The third-order valence-corrected chi connectivity index (χ3v) is 5.97. The van der Waals surface area contributed by atoms with Crippen molar-refractivity contribution in [1.82, 2.24) is 0 Å². The maximum absolute atomic E-state index is 12.2. The van der Waals surface area contributed by atoms with E-state index in [9.17, 15) is 9.59 Å². The van der Waals surface area contributed by atoms with Crippen LogP contribution in [-0.4, -0.2) is 11.6 Å². The van der Waals surface area contributed by atoms with Crippen molar-refractivity contribution in [2.24, 2.45) is 17.8 Å². The minimum Gasteiger partial charge on any atom is -0.295 e. The second-order valence-electron chi connectivity index (χ2n) is 8.84. The molecule has 1 saturated carbocycles. The van der Waals surface area contributed by atoms with Gasteiger partial charge in [-0.25, -0.2) is 0 Å². The van der Waals surface area contributed by atoms with Crippen LogP contribution < -0.4 is 0 Å². The third-order valence-electron chi connectivity index (χ3n) is 5.97. The number of allylic oxidation sites excluding steroid dienone is 10. The number of ketones is 2. The van der Waals surface area contributed by atoms with Crippen LogP contribution in [0.4, 0.5) is 0 Å². The van der Waals surface area contributed by atoms with Gasteiger partial charge in [-0.3, -0.25) is 9.59 Å². The minimum absolute atomic E-state index is 0.113. The van der Waals surface area contributed by atoms with Gasteiger partial charge in [0.15, 0.2) is 11.6 Å². The number of carbonyl (C=O) groups is 2. The molecule has 1 aliphatic rings. The van der Waals surface area contributed by atoms with Crippen LogP contribution >= 0.6 is 0 Å². The van der Waals surface area contributed by atoms with Crippen LogP contribution in [0.5, 0.6) is 0 Å². The summed E-state index contributed by atoms with van der Waals surface area (Å²) in [6.45, 7) is 11.9. The van der Waals surface area contributed by atoms with Crippen LogP contribution in [0, 0.1) is 17.8 Å². The van der Waals surface area contributed by atoms with Crippen molar-refractivity contribution in [3.05, 3.63) is 59.3 Å². The monoisotopic (exact) mass is 396 g/mol. The first kappa shape index (κ1) is 25.1. The lowest BCUT2D eigenvalue weighted by atomic mass is 9.80. The molecule has 0 spiro atoms. The summed E-state index contributed by atoms with van der Waals surface area (Å²) in [5, 5.41) is 0. The molecule has 0 radical (unpaired) electrons. The first-order chi connectivity index (χ1) is 13.7. The lowest BCUT2D eigenvalue weighted by molar-refractivity contribution is -0.115. The summed E-state index contributed by atoms with van der Waals surface area (Å²) in [4.78, 5) is 23.6. The molecule has 1 rings (SSSR count). The molecule has 2 nitrogen and oxygen atoms in total. The highest BCUT2D eigenvalue weighted by Crippen LogP contribution is 2.30. The molecule has 0 aromatic rings. The zero-order chi connectivity index (χ0) is 21.8. The second kappa shape index (κ2) is 13.3. The maximum Gasteiger partial charge on any atom is 0.155 e. The van der Waals surface area contributed by atoms with E-state index in [-0.39, 0.29) is 11.6 Å². The van der Waals surface area contributed by atoms with Crippen molar-refractivity contribution in [2.45, 2.75) is 80.1 Å². The van der Waals surface area contributed by atoms with Crippen LogP contribution in [0.2, 0.25) is 0 Å². The van der Waals surface area contributed by atoms with E-state index < -0.39 is 0 Å². The number of carbonyl (C=O) groups excluding carboxylic acids is 2. The van der Waals surface area contributed by atoms with Crippen molar-refractivity contribution in [3.63, 3.8) is 0 Å². The average Bonchev–Trinajstić information content (AvgIpc) is 2.66. The van der Waals surface area contributed by atoms with E-state index in [1.165, 1.54) is 25.7 Å². The molecule has 0 aromatic heterocycles. The molecule has 3 unspecified atom stereocenters. The Morgan fingerprint density at radius 1 is 1.00 bits per heavy atom. The van der Waals surface area contributed by atoms with Gasteiger partial charge < -0.3 is 0 Å². The van der Waals surface area contributed by atoms with E-state index in [1.807, 2.05) is 51.2 Å². The molecule has 160 valence electrons. The topological polar surface area (TPSA) is 34.1 Å². The molecule has 0 N–H and O–H groups in total. The van der Waals surface area contributed by atoms with Crippen LogP contribution in [0.25, 0.3) is 0 Å². The van der Waals surface area contributed by atoms with E-state index in [0.29, 0.717) is 24.2 Å². The lowest BCUT2D eigenvalue weighted by Gasteiger charge is -2.25. The molecular weight excluding hydrogens is 356 g/mol. The largest absolute Gasteiger partial charge is 0.295 e. The Balaban J connectivity index is 2.41. The van der Waals surface area contributed by atoms with Gasteiger partial charge in [0.2, 0.25) is 0 Å². The Morgan fingerprint density at radius 3 is 2.34 bits per heavy atom. The van der Waals surface area contributed by atoms with Crippen LogP contribution in [0.15, 0.2) is 59.3 Å². The van der Waals surface area contributed by atoms with E-state index in [2.05, 4.69) is 26.0 Å². The summed E-state index contributed by atoms with van der Waals surface area (Å²) in [6.07, 6.45) is 20.9. The van der Waals surface area contributed by atoms with Crippen molar-refractivity contribution in [2.75, 3.05) is 0 Å². The second-order valence-corrected chi connectivity index (χ2v) is 8.84. The Morgan fingerprint density at radius 2 is 1.69 bits per heavy atom. The van der Waals surface area contributed by atoms with Gasteiger partial charge in [0.05, 0.1) is 0 Å². The van der Waals surface area contributed by atoms with Gasteiger partial charge in [-0.2, -0.15) is 0 Å². The van der Waals surface area contributed by atoms with E-state index in [0.717, 1.165) is 23.1 Å². The third kappa shape index (κ3) is 10.4. The fourth-order valence-electron chi connectivity index (χ4n) is 3.73. The molecule has 0 amide bonds. The molecule has 29 heavy (non-hydrogen) atoms. The first-order valence-corrected chi connectivity index (χ1v) is 11.1. The molecule has 0 saturated heterocycles. The maximum atomic E-state index is 12.2. The van der Waals surface area contributed by atoms with Crippen LogP contribution in [0.1, 0.15) is 80.1 Å². The summed E-state index contributed by atoms with van der Waals surface area (Å²) < 4.78 is 0. The lowest BCUT2D eigenvalue weighted by Crippen LogP contribution is -2.14. The average molecular weight is 397 g/mol. The minimum atomic E-state index is 0.113. The smallest absolute Gasteiger partial charge is 0.155 e. The van der Waals surface area contributed by atoms with Crippen molar-refractivity contribution in [1.29, 1.82) is 0 Å². The van der Waals surface area contributed by atoms with Crippen LogP contribution in [-0.2, 0) is 9.59 Å². The Bertz CT molecular complexity index is 700. The number of rotatable bonds is 10. The zero-order valence-electron chi connectivity index (χ0n) is 19.3. The molecule has 0 heterocycles. The summed E-state index contributed by atoms with van der Waals surface area (Å²) >= 11 is 0. The highest BCUT2D eigenvalue weighted by molar-refractivity contribution is 5.93. The first-order valence-electron chi connectivity index (χ1n) is 11.1. The van der Waals surface area contributed by atoms with E-state index in [1.54, 1.807) is 6.92 Å². The molecule has 1 fully saturated rings. The van der Waals surface area contributed by atoms with Crippen molar-refractivity contribution in [3.8, 4) is 0 Å². The van der Waals surface area contributed by atoms with Gasteiger partial charge in [0.1, 0.15) is 0 Å². The van der Waals surface area contributed by atoms with Crippen molar-refractivity contribution >= 4 is 11.6 Å². The molecule has 0 aliphatic heterocycles. The molecule has 2 heteroatoms. The van der Waals surface area contributed by atoms with E-state index in [4.69, 9.17) is 0 Å². The highest BCUT2D eigenvalue weighted by atomic mass is 16.1. The summed E-state index contributed by atoms with van der Waals surface area (Å²) in [7, 11) is 0. The normalized spacial score (nSPS) is 23.0. The fraction of sp³-hybridized carbons (Fsp3) is 0.556. The number of hydrogen-bond acceptors (Lipinski definition) is 2. The molecule has 3 atom stereocenters. The Labute approximate surface area is 178 Å². The zero-order valence-corrected chi connectivity index (χ0v) is 19.3. The van der Waals surface area contributed by atoms with Gasteiger partial charge in [-0.1, -0.05) is 75.1 Å². The molecular formula is C27H40O2. The number of hydrogen-bond donors (Lipinski definition) is 0. The predicted molar refractivity (Wildman–Crippen MR) is 125 cm³/mol. The summed E-state index contributed by atoms with van der Waals surface area (Å²) in [6, 6.07) is 0. The molecule has 1 aliphatic carbocycles. The standard InChI is InChI=1S/C27H40O2/c1-20(18-23(4)24(5)25(6)28)12-8-7-9-13-21(2)19-27(29)17-16-26-15-11-10-14-22(26)3/h7-9,12,16-18,21-22,26H,10-11,13-15,19H2,1-6H3/b9-7+,12-8+,17-16-,20-18-,24-23+. The van der Waals surface area contributed by atoms with E-state index >= 15 is 0 Å². The summed E-state index contributed by atoms with van der Waals surface area (Å²) in [5.41, 5.74) is 2.92. The van der Waals surface area contributed by atoms with Gasteiger partial charge in [-0.15, -0.1) is 0 Å². The van der Waals surface area contributed by atoms with Crippen LogP contribution in [0.3, 0.4) is 0 Å². The molecule has 0 aromatic carbocycles. The predicted octanol–water partition coefficient (Wildman–Crippen LogP) is 7.34. The SMILES string of the molecule is CC(=O)/C(C)=C(C)/C=C(C)\C=C\C=C\CC(C)CC(=O)/C=C\C1CCCCC1C. The highest BCUT2D eigenvalue weighted by Gasteiger charge is 2.18. The van der Waals surface area contributed by atoms with Gasteiger partial charge in [-0.05, 0) is 75.5 Å². The molecule has 0 bridgehead atoms. The van der Waals surface area contributed by atoms with Gasteiger partial charge in [0, 0.05) is 6.42 Å².